The maximum absolute atomic E-state index is 10.1. The molecule has 8 heteroatoms. The monoisotopic (exact) mass is 297 g/mol. The van der Waals surface area contributed by atoms with Gasteiger partial charge in [0.1, 0.15) is 12.2 Å². The molecule has 0 aromatic carbocycles. The maximum atomic E-state index is 10.1. The Morgan fingerprint density at radius 1 is 0.850 bits per heavy atom. The first-order valence-corrected chi connectivity index (χ1v) is 6.58. The van der Waals surface area contributed by atoms with Crippen molar-refractivity contribution in [2.75, 3.05) is 20.3 Å². The lowest BCUT2D eigenvalue weighted by Crippen LogP contribution is -2.50. The summed E-state index contributed by atoms with van der Waals surface area (Å²) in [5, 5.41) is 57.0. The normalized spacial score (nSPS) is 22.6. The van der Waals surface area contributed by atoms with Gasteiger partial charge in [-0.25, -0.2) is 5.48 Å². The van der Waals surface area contributed by atoms with Gasteiger partial charge < -0.3 is 30.6 Å². The Labute approximate surface area is 118 Å². The zero-order valence-electron chi connectivity index (χ0n) is 12.0. The fourth-order valence-corrected chi connectivity index (χ4v) is 1.99. The van der Waals surface area contributed by atoms with Crippen molar-refractivity contribution in [2.45, 2.75) is 44.4 Å². The number of aliphatic hydroxyl groups is 6. The molecule has 0 aliphatic heterocycles. The van der Waals surface area contributed by atoms with Crippen molar-refractivity contribution in [2.24, 2.45) is 11.8 Å². The molecule has 20 heavy (non-hydrogen) atoms. The van der Waals surface area contributed by atoms with Crippen LogP contribution in [-0.2, 0) is 4.84 Å². The highest BCUT2D eigenvalue weighted by Gasteiger charge is 2.37. The van der Waals surface area contributed by atoms with Gasteiger partial charge in [-0.3, -0.25) is 4.84 Å². The van der Waals surface area contributed by atoms with Gasteiger partial charge >= 0.3 is 0 Å². The number of rotatable bonds is 10. The van der Waals surface area contributed by atoms with Crippen molar-refractivity contribution in [1.29, 1.82) is 0 Å². The summed E-state index contributed by atoms with van der Waals surface area (Å²) in [5.74, 6) is -1.49. The maximum Gasteiger partial charge on any atom is 0.112 e. The minimum Gasteiger partial charge on any atom is -0.394 e. The summed E-state index contributed by atoms with van der Waals surface area (Å²) in [7, 11) is 1.46. The van der Waals surface area contributed by atoms with Gasteiger partial charge in [-0.15, -0.1) is 0 Å². The van der Waals surface area contributed by atoms with Crippen molar-refractivity contribution >= 4 is 0 Å². The van der Waals surface area contributed by atoms with Crippen molar-refractivity contribution in [3.63, 3.8) is 0 Å². The van der Waals surface area contributed by atoms with Crippen molar-refractivity contribution in [1.82, 2.24) is 5.48 Å². The van der Waals surface area contributed by atoms with E-state index in [1.54, 1.807) is 0 Å². The predicted octanol–water partition coefficient (Wildman–Crippen LogP) is -2.79. The molecule has 0 spiro atoms. The van der Waals surface area contributed by atoms with Crippen molar-refractivity contribution in [3.8, 4) is 0 Å². The van der Waals surface area contributed by atoms with E-state index in [2.05, 4.69) is 5.48 Å². The molecule has 122 valence electrons. The summed E-state index contributed by atoms with van der Waals surface area (Å²) in [6, 6.07) is 0. The summed E-state index contributed by atoms with van der Waals surface area (Å²) in [6.07, 6.45) is -5.99. The fraction of sp³-hybridized carbons (Fsp3) is 1.00. The SMILES string of the molecule is CNOC(C(O)CO)C(C)C(O)C(O)C(C)C(O)CO. The molecule has 7 unspecified atom stereocenters. The van der Waals surface area contributed by atoms with Gasteiger partial charge in [0.25, 0.3) is 0 Å². The van der Waals surface area contributed by atoms with Gasteiger partial charge in [0.05, 0.1) is 31.5 Å². The summed E-state index contributed by atoms with van der Waals surface area (Å²) >= 11 is 0. The van der Waals surface area contributed by atoms with E-state index in [1.807, 2.05) is 0 Å². The topological polar surface area (TPSA) is 143 Å². The Kier molecular flexibility index (Phi) is 9.43. The van der Waals surface area contributed by atoms with Crippen LogP contribution in [0.1, 0.15) is 13.8 Å². The number of hydrogen-bond donors (Lipinski definition) is 7. The van der Waals surface area contributed by atoms with Crippen LogP contribution in [0.25, 0.3) is 0 Å². The molecule has 0 aromatic heterocycles. The van der Waals surface area contributed by atoms with Gasteiger partial charge in [-0.05, 0) is 0 Å². The predicted molar refractivity (Wildman–Crippen MR) is 70.5 cm³/mol. The van der Waals surface area contributed by atoms with Gasteiger partial charge in [0, 0.05) is 18.9 Å². The second-order valence-electron chi connectivity index (χ2n) is 4.99. The quantitative estimate of drug-likeness (QED) is 0.214. The molecular weight excluding hydrogens is 270 g/mol. The first-order chi connectivity index (χ1) is 9.31. The molecule has 0 amide bonds. The highest BCUT2D eigenvalue weighted by molar-refractivity contribution is 4.86. The van der Waals surface area contributed by atoms with Crippen molar-refractivity contribution in [3.05, 3.63) is 0 Å². The van der Waals surface area contributed by atoms with Crippen LogP contribution in [-0.4, -0.2) is 81.4 Å². The molecule has 7 N–H and O–H groups in total. The van der Waals surface area contributed by atoms with Gasteiger partial charge in [-0.2, -0.15) is 0 Å². The molecule has 0 saturated carbocycles. The van der Waals surface area contributed by atoms with Crippen LogP contribution >= 0.6 is 0 Å². The average molecular weight is 297 g/mol. The Morgan fingerprint density at radius 2 is 1.30 bits per heavy atom. The lowest BCUT2D eigenvalue weighted by molar-refractivity contribution is -0.158. The number of aliphatic hydroxyl groups excluding tert-OH is 6. The molecule has 0 bridgehead atoms. The lowest BCUT2D eigenvalue weighted by atomic mass is 9.85. The third kappa shape index (κ3) is 5.23. The van der Waals surface area contributed by atoms with E-state index < -0.39 is 55.6 Å². The highest BCUT2D eigenvalue weighted by atomic mass is 16.7. The van der Waals surface area contributed by atoms with E-state index in [1.165, 1.54) is 20.9 Å². The van der Waals surface area contributed by atoms with Crippen LogP contribution in [0.4, 0.5) is 0 Å². The third-order valence-electron chi connectivity index (χ3n) is 3.56. The highest BCUT2D eigenvalue weighted by Crippen LogP contribution is 2.22. The molecule has 0 radical (unpaired) electrons. The first-order valence-electron chi connectivity index (χ1n) is 6.58. The zero-order valence-corrected chi connectivity index (χ0v) is 12.0. The van der Waals surface area contributed by atoms with Crippen LogP contribution < -0.4 is 5.48 Å². The summed E-state index contributed by atoms with van der Waals surface area (Å²) in [5.41, 5.74) is 2.37. The summed E-state index contributed by atoms with van der Waals surface area (Å²) in [4.78, 5) is 5.05. The Morgan fingerprint density at radius 3 is 1.70 bits per heavy atom. The van der Waals surface area contributed by atoms with E-state index in [-0.39, 0.29) is 0 Å². The van der Waals surface area contributed by atoms with Crippen LogP contribution in [0.5, 0.6) is 0 Å². The van der Waals surface area contributed by atoms with Crippen molar-refractivity contribution < 1.29 is 35.5 Å². The molecule has 0 aromatic rings. The molecule has 0 heterocycles. The number of nitrogens with one attached hydrogen (secondary N) is 1. The molecule has 0 aliphatic rings. The van der Waals surface area contributed by atoms with Gasteiger partial charge in [0.2, 0.25) is 0 Å². The van der Waals surface area contributed by atoms with Gasteiger partial charge in [-0.1, -0.05) is 13.8 Å². The Balaban J connectivity index is 4.81. The van der Waals surface area contributed by atoms with Crippen LogP contribution in [0.2, 0.25) is 0 Å². The van der Waals surface area contributed by atoms with E-state index in [0.717, 1.165) is 0 Å². The molecule has 0 fully saturated rings. The lowest BCUT2D eigenvalue weighted by Gasteiger charge is -2.35. The molecule has 0 aliphatic carbocycles. The summed E-state index contributed by atoms with van der Waals surface area (Å²) < 4.78 is 0. The first kappa shape index (κ1) is 19.7. The van der Waals surface area contributed by atoms with Crippen LogP contribution in [0, 0.1) is 11.8 Å². The van der Waals surface area contributed by atoms with Crippen LogP contribution in [0.3, 0.4) is 0 Å². The number of hydroxylamine groups is 1. The molecule has 0 saturated heterocycles. The molecule has 7 atom stereocenters. The standard InChI is InChI=1S/C12H27NO7/c1-6(8(16)4-14)10(18)11(19)7(2)12(20-13-3)9(17)5-15/h6-19H,4-5H2,1-3H3. The zero-order chi connectivity index (χ0) is 15.9. The largest absolute Gasteiger partial charge is 0.394 e. The molecule has 0 rings (SSSR count). The molecule has 8 nitrogen and oxygen atoms in total. The Hall–Kier alpha value is -0.320. The van der Waals surface area contributed by atoms with Gasteiger partial charge in [0.15, 0.2) is 0 Å². The minimum absolute atomic E-state index is 0.533. The minimum atomic E-state index is -1.32. The second-order valence-corrected chi connectivity index (χ2v) is 4.99. The third-order valence-corrected chi connectivity index (χ3v) is 3.56. The van der Waals surface area contributed by atoms with E-state index >= 15 is 0 Å². The van der Waals surface area contributed by atoms with E-state index in [0.29, 0.717) is 0 Å². The number of hydrogen-bond acceptors (Lipinski definition) is 8. The molecular formula is C12H27NO7. The summed E-state index contributed by atoms with van der Waals surface area (Å²) in [6.45, 7) is 1.92. The smallest absolute Gasteiger partial charge is 0.112 e. The second kappa shape index (κ2) is 9.59. The fourth-order valence-electron chi connectivity index (χ4n) is 1.99. The van der Waals surface area contributed by atoms with E-state index in [4.69, 9.17) is 15.1 Å². The Bertz CT molecular complexity index is 256. The van der Waals surface area contributed by atoms with Crippen LogP contribution in [0.15, 0.2) is 0 Å². The van der Waals surface area contributed by atoms with E-state index in [9.17, 15) is 20.4 Å². The average Bonchev–Trinajstić information content (AvgIpc) is 2.47.